The Balaban J connectivity index is 2.62. The average Bonchev–Trinajstić information content (AvgIpc) is 2.20. The topological polar surface area (TPSA) is 35.1 Å². The number of hydrogen-bond acceptors (Lipinski definition) is 2. The smallest absolute Gasteiger partial charge is 0.136 e. The van der Waals surface area contributed by atoms with E-state index in [2.05, 4.69) is 20.7 Å². The standard InChI is InChI=1S/C13H19BrFNOS/c1-9(16-18(17)13(2,3)4)7-10-5-6-11(15)8-12(10)14/h5-6,8-9,16H,7H2,1-4H3/t9-,18?/m1/s1. The molecule has 2 nitrogen and oxygen atoms in total. The Hall–Kier alpha value is -0.100. The van der Waals surface area contributed by atoms with E-state index in [-0.39, 0.29) is 16.6 Å². The third-order valence-electron chi connectivity index (χ3n) is 2.41. The van der Waals surface area contributed by atoms with E-state index < -0.39 is 11.4 Å². The van der Waals surface area contributed by atoms with Gasteiger partial charge in [0.25, 0.3) is 0 Å². The van der Waals surface area contributed by atoms with E-state index >= 15 is 0 Å². The van der Waals surface area contributed by atoms with Crippen molar-refractivity contribution in [1.82, 2.24) is 4.72 Å². The van der Waals surface area contributed by atoms with Crippen molar-refractivity contribution < 1.29 is 8.94 Å². The first-order valence-corrected chi connectivity index (χ1v) is 7.76. The Kier molecular flexibility index (Phi) is 5.65. The predicted octanol–water partition coefficient (Wildman–Crippen LogP) is 3.57. The van der Waals surface area contributed by atoms with Crippen LogP contribution in [-0.2, 0) is 17.8 Å². The van der Waals surface area contributed by atoms with Gasteiger partial charge in [0.2, 0.25) is 0 Å². The average molecular weight is 336 g/mol. The zero-order valence-electron chi connectivity index (χ0n) is 11.1. The minimum absolute atomic E-state index is 0.0619. The maximum atomic E-state index is 13.0. The Morgan fingerprint density at radius 3 is 2.56 bits per heavy atom. The van der Waals surface area contributed by atoms with Crippen molar-refractivity contribution >= 4 is 27.3 Å². The second-order valence-electron chi connectivity index (χ2n) is 5.34. The summed E-state index contributed by atoms with van der Waals surface area (Å²) in [7, 11) is 0. The molecule has 0 aliphatic rings. The molecule has 0 fully saturated rings. The fraction of sp³-hybridized carbons (Fsp3) is 0.538. The summed E-state index contributed by atoms with van der Waals surface area (Å²) >= 11 is 2.25. The third kappa shape index (κ3) is 4.88. The van der Waals surface area contributed by atoms with Gasteiger partial charge in [0.1, 0.15) is 10.6 Å². The first-order valence-electron chi connectivity index (χ1n) is 5.82. The maximum Gasteiger partial charge on any atom is 0.136 e. The van der Waals surface area contributed by atoms with Gasteiger partial charge in [-0.05, 0) is 51.8 Å². The van der Waals surface area contributed by atoms with E-state index in [9.17, 15) is 8.94 Å². The number of nitrogens with one attached hydrogen (secondary N) is 1. The van der Waals surface area contributed by atoms with Crippen molar-refractivity contribution in [1.29, 1.82) is 0 Å². The van der Waals surface area contributed by atoms with Crippen LogP contribution in [0, 0.1) is 5.82 Å². The Labute approximate surface area is 120 Å². The van der Waals surface area contributed by atoms with Gasteiger partial charge >= 0.3 is 0 Å². The van der Waals surface area contributed by atoms with Crippen molar-refractivity contribution in [2.24, 2.45) is 0 Å². The van der Waals surface area contributed by atoms with Gasteiger partial charge in [-0.2, -0.15) is 0 Å². The van der Waals surface area contributed by atoms with E-state index in [4.69, 9.17) is 0 Å². The molecule has 0 radical (unpaired) electrons. The van der Waals surface area contributed by atoms with Crippen LogP contribution in [0.5, 0.6) is 0 Å². The minimum atomic E-state index is -1.09. The van der Waals surface area contributed by atoms with Crippen LogP contribution in [0.3, 0.4) is 0 Å². The van der Waals surface area contributed by atoms with E-state index in [0.717, 1.165) is 10.0 Å². The minimum Gasteiger partial charge on any atom is -0.598 e. The molecule has 18 heavy (non-hydrogen) atoms. The number of rotatable bonds is 4. The largest absolute Gasteiger partial charge is 0.598 e. The van der Waals surface area contributed by atoms with E-state index in [1.807, 2.05) is 27.7 Å². The molecule has 0 aromatic heterocycles. The molecule has 0 spiro atoms. The maximum absolute atomic E-state index is 13.0. The van der Waals surface area contributed by atoms with Crippen molar-refractivity contribution in [3.05, 3.63) is 34.1 Å². The molecule has 0 aliphatic carbocycles. The summed E-state index contributed by atoms with van der Waals surface area (Å²) in [6, 6.07) is 4.69. The van der Waals surface area contributed by atoms with Crippen LogP contribution < -0.4 is 4.72 Å². The molecule has 2 atom stereocenters. The lowest BCUT2D eigenvalue weighted by Crippen LogP contribution is -2.44. The monoisotopic (exact) mass is 335 g/mol. The number of halogens is 2. The molecule has 0 saturated carbocycles. The number of hydrogen-bond donors (Lipinski definition) is 1. The quantitative estimate of drug-likeness (QED) is 0.853. The fourth-order valence-corrected chi connectivity index (χ4v) is 2.73. The van der Waals surface area contributed by atoms with Crippen LogP contribution in [0.4, 0.5) is 4.39 Å². The summed E-state index contributed by atoms with van der Waals surface area (Å²) in [5.41, 5.74) is 1.00. The SMILES string of the molecule is C[C@H](Cc1ccc(F)cc1Br)N[S+]([O-])C(C)(C)C. The molecule has 0 aliphatic heterocycles. The molecular formula is C13H19BrFNOS. The van der Waals surface area contributed by atoms with Crippen molar-refractivity contribution in [3.8, 4) is 0 Å². The third-order valence-corrected chi connectivity index (χ3v) is 4.87. The predicted molar refractivity (Wildman–Crippen MR) is 78.3 cm³/mol. The summed E-state index contributed by atoms with van der Waals surface area (Å²) < 4.78 is 28.4. The highest BCUT2D eigenvalue weighted by atomic mass is 79.9. The van der Waals surface area contributed by atoms with Gasteiger partial charge < -0.3 is 4.55 Å². The van der Waals surface area contributed by atoms with Crippen LogP contribution in [0.2, 0.25) is 0 Å². The first-order chi connectivity index (χ1) is 8.20. The normalized spacial score (nSPS) is 15.5. The highest BCUT2D eigenvalue weighted by molar-refractivity contribution is 9.10. The van der Waals surface area contributed by atoms with Crippen LogP contribution in [0.15, 0.2) is 22.7 Å². The fourth-order valence-electron chi connectivity index (χ4n) is 1.42. The molecule has 0 bridgehead atoms. The summed E-state index contributed by atoms with van der Waals surface area (Å²) in [4.78, 5) is 0. The van der Waals surface area contributed by atoms with Crippen LogP contribution >= 0.6 is 15.9 Å². The lowest BCUT2D eigenvalue weighted by Gasteiger charge is -2.26. The molecule has 1 rings (SSSR count). The van der Waals surface area contributed by atoms with Gasteiger partial charge in [-0.1, -0.05) is 22.0 Å². The van der Waals surface area contributed by atoms with Gasteiger partial charge in [-0.3, -0.25) is 0 Å². The molecular weight excluding hydrogens is 317 g/mol. The lowest BCUT2D eigenvalue weighted by molar-refractivity contribution is 0.525. The second kappa shape index (κ2) is 6.37. The lowest BCUT2D eigenvalue weighted by atomic mass is 10.1. The molecule has 1 aromatic carbocycles. The Morgan fingerprint density at radius 1 is 1.44 bits per heavy atom. The van der Waals surface area contributed by atoms with E-state index in [1.54, 1.807) is 6.07 Å². The molecule has 102 valence electrons. The molecule has 0 saturated heterocycles. The first kappa shape index (κ1) is 16.0. The van der Waals surface area contributed by atoms with Gasteiger partial charge in [-0.15, -0.1) is 4.72 Å². The second-order valence-corrected chi connectivity index (χ2v) is 8.19. The van der Waals surface area contributed by atoms with Gasteiger partial charge in [-0.25, -0.2) is 4.39 Å². The Morgan fingerprint density at radius 2 is 2.06 bits per heavy atom. The van der Waals surface area contributed by atoms with Crippen molar-refractivity contribution in [3.63, 3.8) is 0 Å². The molecule has 1 aromatic rings. The highest BCUT2D eigenvalue weighted by Crippen LogP contribution is 2.20. The molecule has 1 unspecified atom stereocenters. The van der Waals surface area contributed by atoms with Crippen molar-refractivity contribution in [2.75, 3.05) is 0 Å². The summed E-state index contributed by atoms with van der Waals surface area (Å²) in [6.07, 6.45) is 0.697. The highest BCUT2D eigenvalue weighted by Gasteiger charge is 2.28. The zero-order chi connectivity index (χ0) is 13.9. The van der Waals surface area contributed by atoms with E-state index in [0.29, 0.717) is 6.42 Å². The van der Waals surface area contributed by atoms with Crippen LogP contribution in [-0.4, -0.2) is 15.3 Å². The molecule has 0 amide bonds. The zero-order valence-corrected chi connectivity index (χ0v) is 13.5. The van der Waals surface area contributed by atoms with E-state index in [1.165, 1.54) is 12.1 Å². The summed E-state index contributed by atoms with van der Waals surface area (Å²) in [6.45, 7) is 7.75. The van der Waals surface area contributed by atoms with Gasteiger partial charge in [0.15, 0.2) is 0 Å². The number of benzene rings is 1. The van der Waals surface area contributed by atoms with Gasteiger partial charge in [0, 0.05) is 15.8 Å². The van der Waals surface area contributed by atoms with Crippen molar-refractivity contribution in [2.45, 2.75) is 44.9 Å². The van der Waals surface area contributed by atoms with Crippen LogP contribution in [0.1, 0.15) is 33.3 Å². The molecule has 1 N–H and O–H groups in total. The van der Waals surface area contributed by atoms with Crippen LogP contribution in [0.25, 0.3) is 0 Å². The van der Waals surface area contributed by atoms with Gasteiger partial charge in [0.05, 0.1) is 6.04 Å². The summed E-state index contributed by atoms with van der Waals surface area (Å²) in [5, 5.41) is 0. The molecule has 0 heterocycles. The Bertz CT molecular complexity index is 408. The molecule has 5 heteroatoms. The summed E-state index contributed by atoms with van der Waals surface area (Å²) in [5.74, 6) is -0.260.